The third-order valence-electron chi connectivity index (χ3n) is 3.53. The highest BCUT2D eigenvalue weighted by atomic mass is 16.5. The maximum absolute atomic E-state index is 11.9. The monoisotopic (exact) mass is 355 g/mol. The quantitative estimate of drug-likeness (QED) is 0.206. The van der Waals surface area contributed by atoms with Crippen molar-refractivity contribution in [1.82, 2.24) is 0 Å². The van der Waals surface area contributed by atoms with E-state index in [-0.39, 0.29) is 35.2 Å². The highest BCUT2D eigenvalue weighted by molar-refractivity contribution is 5.97. The van der Waals surface area contributed by atoms with Gasteiger partial charge in [0.1, 0.15) is 11.6 Å². The molecule has 0 aliphatic heterocycles. The van der Waals surface area contributed by atoms with Crippen molar-refractivity contribution in [2.24, 2.45) is 0 Å². The van der Waals surface area contributed by atoms with E-state index in [1.807, 2.05) is 0 Å². The molecule has 0 fully saturated rings. The maximum Gasteiger partial charge on any atom is 0.348 e. The van der Waals surface area contributed by atoms with E-state index in [1.54, 1.807) is 12.1 Å². The molecule has 0 saturated heterocycles. The number of carbonyl (C=O) groups is 1. The minimum Gasteiger partial charge on any atom is -0.504 e. The summed E-state index contributed by atoms with van der Waals surface area (Å²) in [7, 11) is 0. The Balaban J connectivity index is 1.90. The van der Waals surface area contributed by atoms with Gasteiger partial charge in [0.2, 0.25) is 0 Å². The van der Waals surface area contributed by atoms with Gasteiger partial charge in [-0.25, -0.2) is 4.79 Å². The van der Waals surface area contributed by atoms with Crippen molar-refractivity contribution in [1.29, 1.82) is 5.26 Å². The third kappa shape index (κ3) is 4.92. The van der Waals surface area contributed by atoms with Crippen LogP contribution in [0.4, 0.5) is 0 Å². The Morgan fingerprint density at radius 2 is 1.65 bits per heavy atom. The zero-order chi connectivity index (χ0) is 19.1. The van der Waals surface area contributed by atoms with Gasteiger partial charge < -0.3 is 25.2 Å². The van der Waals surface area contributed by atoms with E-state index in [0.717, 1.165) is 5.56 Å². The molecule has 7 nitrogen and oxygen atoms in total. The standard InChI is InChI=1S/C19H17NO6/c20-11-14(8-13-4-6-16(22)18(24)10-13)19(25)26-7-1-2-12-3-5-15(21)17(23)9-12/h3-6,8-10,21-24H,1-2,7H2. The van der Waals surface area contributed by atoms with Crippen molar-refractivity contribution >= 4 is 12.0 Å². The number of carbonyl (C=O) groups excluding carboxylic acids is 1. The lowest BCUT2D eigenvalue weighted by Gasteiger charge is -2.06. The number of rotatable bonds is 6. The number of nitriles is 1. The Hall–Kier alpha value is -3.66. The summed E-state index contributed by atoms with van der Waals surface area (Å²) < 4.78 is 5.04. The normalized spacial score (nSPS) is 11.0. The number of hydrogen-bond acceptors (Lipinski definition) is 7. The second-order valence-electron chi connectivity index (χ2n) is 5.48. The minimum atomic E-state index is -0.798. The second-order valence-corrected chi connectivity index (χ2v) is 5.48. The molecule has 0 bridgehead atoms. The zero-order valence-corrected chi connectivity index (χ0v) is 13.7. The summed E-state index contributed by atoms with van der Waals surface area (Å²) in [5, 5.41) is 46.4. The van der Waals surface area contributed by atoms with Gasteiger partial charge >= 0.3 is 5.97 Å². The molecule has 0 aromatic heterocycles. The van der Waals surface area contributed by atoms with E-state index in [4.69, 9.17) is 10.00 Å². The van der Waals surface area contributed by atoms with Gasteiger partial charge in [0, 0.05) is 0 Å². The van der Waals surface area contributed by atoms with Gasteiger partial charge in [-0.15, -0.1) is 0 Å². The first-order chi connectivity index (χ1) is 12.4. The Bertz CT molecular complexity index is 882. The fourth-order valence-electron chi connectivity index (χ4n) is 2.18. The van der Waals surface area contributed by atoms with Crippen molar-refractivity contribution in [2.75, 3.05) is 6.61 Å². The number of phenolic OH excluding ortho intramolecular Hbond substituents is 4. The van der Waals surface area contributed by atoms with Crippen LogP contribution in [0.5, 0.6) is 23.0 Å². The van der Waals surface area contributed by atoms with Crippen molar-refractivity contribution in [3.05, 3.63) is 53.1 Å². The largest absolute Gasteiger partial charge is 0.504 e. The van der Waals surface area contributed by atoms with Gasteiger partial charge in [-0.3, -0.25) is 0 Å². The molecule has 0 aliphatic rings. The van der Waals surface area contributed by atoms with E-state index < -0.39 is 5.97 Å². The Morgan fingerprint density at radius 1 is 1.00 bits per heavy atom. The van der Waals surface area contributed by atoms with E-state index in [1.165, 1.54) is 36.4 Å². The fraction of sp³-hybridized carbons (Fsp3) is 0.158. The Morgan fingerprint density at radius 3 is 2.27 bits per heavy atom. The van der Waals surface area contributed by atoms with Crippen LogP contribution in [-0.4, -0.2) is 33.0 Å². The first-order valence-electron chi connectivity index (χ1n) is 7.72. The lowest BCUT2D eigenvalue weighted by Crippen LogP contribution is -2.08. The molecule has 0 amide bonds. The smallest absolute Gasteiger partial charge is 0.348 e. The lowest BCUT2D eigenvalue weighted by molar-refractivity contribution is -0.138. The van der Waals surface area contributed by atoms with Crippen LogP contribution < -0.4 is 0 Å². The SMILES string of the molecule is N#CC(=Cc1ccc(O)c(O)c1)C(=O)OCCCc1ccc(O)c(O)c1. The zero-order valence-electron chi connectivity index (χ0n) is 13.7. The molecule has 7 heteroatoms. The topological polar surface area (TPSA) is 131 Å². The molecule has 2 aromatic rings. The molecule has 2 aromatic carbocycles. The molecule has 0 atom stereocenters. The number of nitrogens with zero attached hydrogens (tertiary/aromatic N) is 1. The number of ether oxygens (including phenoxy) is 1. The summed E-state index contributed by atoms with van der Waals surface area (Å²) in [5.74, 6) is -1.88. The summed E-state index contributed by atoms with van der Waals surface area (Å²) in [6, 6.07) is 10.1. The molecule has 0 aliphatic carbocycles. The summed E-state index contributed by atoms with van der Waals surface area (Å²) in [6.07, 6.45) is 2.23. The van der Waals surface area contributed by atoms with E-state index in [9.17, 15) is 25.2 Å². The fourth-order valence-corrected chi connectivity index (χ4v) is 2.18. The number of phenols is 4. The van der Waals surface area contributed by atoms with Gasteiger partial charge in [-0.2, -0.15) is 5.26 Å². The highest BCUT2D eigenvalue weighted by Gasteiger charge is 2.11. The van der Waals surface area contributed by atoms with Gasteiger partial charge in [-0.05, 0) is 54.3 Å². The predicted octanol–water partition coefficient (Wildman–Crippen LogP) is 2.59. The molecule has 134 valence electrons. The summed E-state index contributed by atoms with van der Waals surface area (Å²) in [6.45, 7) is 0.0698. The van der Waals surface area contributed by atoms with Crippen LogP contribution in [0.15, 0.2) is 42.0 Å². The minimum absolute atomic E-state index is 0.0698. The highest BCUT2D eigenvalue weighted by Crippen LogP contribution is 2.26. The van der Waals surface area contributed by atoms with Crippen LogP contribution in [-0.2, 0) is 16.0 Å². The van der Waals surface area contributed by atoms with Gasteiger partial charge in [-0.1, -0.05) is 12.1 Å². The van der Waals surface area contributed by atoms with Crippen molar-refractivity contribution in [3.8, 4) is 29.1 Å². The van der Waals surface area contributed by atoms with Gasteiger partial charge in [0.15, 0.2) is 23.0 Å². The van der Waals surface area contributed by atoms with Gasteiger partial charge in [0.05, 0.1) is 6.61 Å². The van der Waals surface area contributed by atoms with Crippen LogP contribution in [0.2, 0.25) is 0 Å². The Labute approximate surface area is 149 Å². The third-order valence-corrected chi connectivity index (χ3v) is 3.53. The van der Waals surface area contributed by atoms with E-state index in [0.29, 0.717) is 18.4 Å². The molecule has 0 radical (unpaired) electrons. The first-order valence-corrected chi connectivity index (χ1v) is 7.72. The van der Waals surface area contributed by atoms with Crippen LogP contribution in [0.1, 0.15) is 17.5 Å². The average Bonchev–Trinajstić information content (AvgIpc) is 2.62. The number of aryl methyl sites for hydroxylation is 1. The first kappa shape index (κ1) is 18.7. The van der Waals surface area contributed by atoms with E-state index in [2.05, 4.69) is 0 Å². The maximum atomic E-state index is 11.9. The molecule has 0 unspecified atom stereocenters. The number of esters is 1. The van der Waals surface area contributed by atoms with Crippen LogP contribution in [0, 0.1) is 11.3 Å². The second kappa shape index (κ2) is 8.44. The lowest BCUT2D eigenvalue weighted by atomic mass is 10.1. The van der Waals surface area contributed by atoms with Crippen molar-refractivity contribution in [2.45, 2.75) is 12.8 Å². The molecule has 0 spiro atoms. The van der Waals surface area contributed by atoms with Crippen molar-refractivity contribution in [3.63, 3.8) is 0 Å². The number of hydrogen-bond donors (Lipinski definition) is 4. The summed E-state index contributed by atoms with van der Waals surface area (Å²) in [4.78, 5) is 11.9. The van der Waals surface area contributed by atoms with Crippen LogP contribution in [0.25, 0.3) is 6.08 Å². The van der Waals surface area contributed by atoms with Crippen LogP contribution >= 0.6 is 0 Å². The molecular formula is C19H17NO6. The Kier molecular flexibility index (Phi) is 6.06. The van der Waals surface area contributed by atoms with E-state index >= 15 is 0 Å². The summed E-state index contributed by atoms with van der Waals surface area (Å²) >= 11 is 0. The predicted molar refractivity (Wildman–Crippen MR) is 92.4 cm³/mol. The molecular weight excluding hydrogens is 338 g/mol. The summed E-state index contributed by atoms with van der Waals surface area (Å²) in [5.41, 5.74) is 0.901. The molecule has 4 N–H and O–H groups in total. The molecule has 26 heavy (non-hydrogen) atoms. The molecule has 0 heterocycles. The van der Waals surface area contributed by atoms with Crippen molar-refractivity contribution < 1.29 is 30.0 Å². The number of aromatic hydroxyl groups is 4. The number of benzene rings is 2. The van der Waals surface area contributed by atoms with Crippen LogP contribution in [0.3, 0.4) is 0 Å². The van der Waals surface area contributed by atoms with Gasteiger partial charge in [0.25, 0.3) is 0 Å². The molecule has 2 rings (SSSR count). The molecule has 0 saturated carbocycles. The average molecular weight is 355 g/mol.